The SMILES string of the molecule is CCN(C(=O)c1ccc(NN)cn1)c1ccncc1. The number of nitrogens with zero attached hydrogens (tertiary/aromatic N) is 3. The number of nitrogens with two attached hydrogens (primary N) is 1. The van der Waals surface area contributed by atoms with Crippen LogP contribution >= 0.6 is 0 Å². The predicted octanol–water partition coefficient (Wildman–Crippen LogP) is 1.43. The monoisotopic (exact) mass is 257 g/mol. The van der Waals surface area contributed by atoms with Crippen LogP contribution in [-0.4, -0.2) is 22.4 Å². The van der Waals surface area contributed by atoms with Crippen LogP contribution in [0.2, 0.25) is 0 Å². The molecule has 1 amide bonds. The first-order valence-electron chi connectivity index (χ1n) is 5.90. The largest absolute Gasteiger partial charge is 0.323 e. The van der Waals surface area contributed by atoms with E-state index >= 15 is 0 Å². The molecule has 0 aromatic carbocycles. The Morgan fingerprint density at radius 1 is 1.32 bits per heavy atom. The van der Waals surface area contributed by atoms with Gasteiger partial charge in [-0.1, -0.05) is 0 Å². The summed E-state index contributed by atoms with van der Waals surface area (Å²) in [4.78, 5) is 22.0. The lowest BCUT2D eigenvalue weighted by Crippen LogP contribution is -2.31. The highest BCUT2D eigenvalue weighted by molar-refractivity contribution is 6.04. The minimum Gasteiger partial charge on any atom is -0.323 e. The number of hydrogen-bond donors (Lipinski definition) is 2. The van der Waals surface area contributed by atoms with Crippen LogP contribution in [0.3, 0.4) is 0 Å². The summed E-state index contributed by atoms with van der Waals surface area (Å²) in [6.45, 7) is 2.47. The summed E-state index contributed by atoms with van der Waals surface area (Å²) >= 11 is 0. The number of anilines is 2. The number of rotatable bonds is 4. The van der Waals surface area contributed by atoms with Crippen molar-refractivity contribution in [2.24, 2.45) is 5.84 Å². The van der Waals surface area contributed by atoms with Crippen molar-refractivity contribution in [3.05, 3.63) is 48.5 Å². The van der Waals surface area contributed by atoms with Gasteiger partial charge in [-0.3, -0.25) is 15.6 Å². The Hall–Kier alpha value is -2.47. The van der Waals surface area contributed by atoms with Crippen molar-refractivity contribution < 1.29 is 4.79 Å². The Balaban J connectivity index is 2.25. The third-order valence-corrected chi connectivity index (χ3v) is 2.69. The quantitative estimate of drug-likeness (QED) is 0.639. The molecular formula is C13H15N5O. The Morgan fingerprint density at radius 3 is 2.58 bits per heavy atom. The Bertz CT molecular complexity index is 541. The number of amides is 1. The van der Waals surface area contributed by atoms with Crippen LogP contribution in [0, 0.1) is 0 Å². The van der Waals surface area contributed by atoms with Crippen LogP contribution in [0.25, 0.3) is 0 Å². The highest BCUT2D eigenvalue weighted by Crippen LogP contribution is 2.15. The van der Waals surface area contributed by atoms with Gasteiger partial charge in [0, 0.05) is 24.6 Å². The molecule has 2 aromatic heterocycles. The summed E-state index contributed by atoms with van der Waals surface area (Å²) in [5.74, 6) is 5.11. The molecule has 2 heterocycles. The lowest BCUT2D eigenvalue weighted by atomic mass is 10.2. The van der Waals surface area contributed by atoms with E-state index in [-0.39, 0.29) is 5.91 Å². The molecule has 2 rings (SSSR count). The van der Waals surface area contributed by atoms with Gasteiger partial charge in [0.05, 0.1) is 11.9 Å². The second kappa shape index (κ2) is 5.92. The molecule has 0 saturated heterocycles. The fourth-order valence-corrected chi connectivity index (χ4v) is 1.71. The lowest BCUT2D eigenvalue weighted by Gasteiger charge is -2.20. The summed E-state index contributed by atoms with van der Waals surface area (Å²) < 4.78 is 0. The highest BCUT2D eigenvalue weighted by Gasteiger charge is 2.16. The zero-order valence-electron chi connectivity index (χ0n) is 10.6. The average molecular weight is 257 g/mol. The van der Waals surface area contributed by atoms with Gasteiger partial charge in [-0.2, -0.15) is 0 Å². The van der Waals surface area contributed by atoms with Crippen molar-refractivity contribution in [3.63, 3.8) is 0 Å². The van der Waals surface area contributed by atoms with E-state index in [1.807, 2.05) is 6.92 Å². The topological polar surface area (TPSA) is 84.1 Å². The summed E-state index contributed by atoms with van der Waals surface area (Å²) in [6.07, 6.45) is 4.83. The first kappa shape index (κ1) is 13.0. The van der Waals surface area contributed by atoms with Gasteiger partial charge in [0.2, 0.25) is 0 Å². The van der Waals surface area contributed by atoms with Gasteiger partial charge in [0.25, 0.3) is 5.91 Å². The maximum absolute atomic E-state index is 12.4. The van der Waals surface area contributed by atoms with Crippen LogP contribution in [0.5, 0.6) is 0 Å². The zero-order valence-corrected chi connectivity index (χ0v) is 10.6. The van der Waals surface area contributed by atoms with Crippen molar-refractivity contribution in [1.82, 2.24) is 9.97 Å². The molecule has 0 aliphatic heterocycles. The number of hydrogen-bond acceptors (Lipinski definition) is 5. The third-order valence-electron chi connectivity index (χ3n) is 2.69. The molecule has 6 heteroatoms. The number of hydrazine groups is 1. The van der Waals surface area contributed by atoms with Gasteiger partial charge in [-0.15, -0.1) is 0 Å². The molecule has 0 aliphatic carbocycles. The third kappa shape index (κ3) is 2.86. The first-order chi connectivity index (χ1) is 9.26. The van der Waals surface area contributed by atoms with E-state index in [9.17, 15) is 4.79 Å². The predicted molar refractivity (Wildman–Crippen MR) is 73.6 cm³/mol. The number of aromatic nitrogens is 2. The molecule has 19 heavy (non-hydrogen) atoms. The lowest BCUT2D eigenvalue weighted by molar-refractivity contribution is 0.0983. The van der Waals surface area contributed by atoms with Gasteiger partial charge in [-0.05, 0) is 31.2 Å². The minimum absolute atomic E-state index is 0.155. The van der Waals surface area contributed by atoms with Gasteiger partial charge in [-0.25, -0.2) is 4.98 Å². The number of nitrogens with one attached hydrogen (secondary N) is 1. The highest BCUT2D eigenvalue weighted by atomic mass is 16.2. The van der Waals surface area contributed by atoms with Crippen LogP contribution in [0.15, 0.2) is 42.9 Å². The van der Waals surface area contributed by atoms with Crippen LogP contribution in [0.1, 0.15) is 17.4 Å². The molecule has 6 nitrogen and oxygen atoms in total. The van der Waals surface area contributed by atoms with Crippen LogP contribution in [0.4, 0.5) is 11.4 Å². The van der Waals surface area contributed by atoms with E-state index in [2.05, 4.69) is 15.4 Å². The smallest absolute Gasteiger partial charge is 0.276 e. The van der Waals surface area contributed by atoms with E-state index in [4.69, 9.17) is 5.84 Å². The zero-order chi connectivity index (χ0) is 13.7. The maximum Gasteiger partial charge on any atom is 0.276 e. The van der Waals surface area contributed by atoms with E-state index < -0.39 is 0 Å². The van der Waals surface area contributed by atoms with E-state index in [0.29, 0.717) is 17.9 Å². The normalized spacial score (nSPS) is 10.0. The number of pyridine rings is 2. The van der Waals surface area contributed by atoms with Crippen molar-refractivity contribution >= 4 is 17.3 Å². The molecular weight excluding hydrogens is 242 g/mol. The summed E-state index contributed by atoms with van der Waals surface area (Å²) in [5, 5.41) is 0. The molecule has 0 bridgehead atoms. The number of carbonyl (C=O) groups is 1. The molecule has 0 spiro atoms. The summed E-state index contributed by atoms with van der Waals surface area (Å²) in [5.41, 5.74) is 4.30. The number of nitrogen functional groups attached to an aromatic ring is 1. The van der Waals surface area contributed by atoms with Gasteiger partial charge >= 0.3 is 0 Å². The Kier molecular flexibility index (Phi) is 4.04. The molecule has 3 N–H and O–H groups in total. The molecule has 98 valence electrons. The van der Waals surface area contributed by atoms with Gasteiger partial charge < -0.3 is 10.3 Å². The standard InChI is InChI=1S/C13H15N5O/c1-2-18(11-5-7-15-8-6-11)13(19)12-4-3-10(17-14)9-16-12/h3-9,17H,2,14H2,1H3. The second-order valence-electron chi connectivity index (χ2n) is 3.83. The first-order valence-corrected chi connectivity index (χ1v) is 5.90. The summed E-state index contributed by atoms with van der Waals surface area (Å²) in [7, 11) is 0. The van der Waals surface area contributed by atoms with Crippen molar-refractivity contribution in [1.29, 1.82) is 0 Å². The average Bonchev–Trinajstić information content (AvgIpc) is 2.49. The van der Waals surface area contributed by atoms with E-state index in [1.165, 1.54) is 6.20 Å². The van der Waals surface area contributed by atoms with Crippen LogP contribution in [-0.2, 0) is 0 Å². The van der Waals surface area contributed by atoms with E-state index in [0.717, 1.165) is 5.69 Å². The molecule has 0 unspecified atom stereocenters. The minimum atomic E-state index is -0.155. The van der Waals surface area contributed by atoms with E-state index in [1.54, 1.807) is 41.6 Å². The Labute approximate surface area is 111 Å². The molecule has 0 fully saturated rings. The molecule has 0 aliphatic rings. The van der Waals surface area contributed by atoms with Gasteiger partial charge in [0.15, 0.2) is 0 Å². The second-order valence-corrected chi connectivity index (χ2v) is 3.83. The molecule has 0 atom stereocenters. The molecule has 2 aromatic rings. The molecule has 0 radical (unpaired) electrons. The fourth-order valence-electron chi connectivity index (χ4n) is 1.71. The fraction of sp³-hybridized carbons (Fsp3) is 0.154. The van der Waals surface area contributed by atoms with Crippen molar-refractivity contribution in [2.75, 3.05) is 16.9 Å². The maximum atomic E-state index is 12.4. The number of carbonyl (C=O) groups excluding carboxylic acids is 1. The van der Waals surface area contributed by atoms with Gasteiger partial charge in [0.1, 0.15) is 5.69 Å². The Morgan fingerprint density at radius 2 is 2.05 bits per heavy atom. The molecule has 0 saturated carbocycles. The van der Waals surface area contributed by atoms with Crippen LogP contribution < -0.4 is 16.2 Å². The van der Waals surface area contributed by atoms with Crippen molar-refractivity contribution in [2.45, 2.75) is 6.92 Å². The van der Waals surface area contributed by atoms with Crippen molar-refractivity contribution in [3.8, 4) is 0 Å². The summed E-state index contributed by atoms with van der Waals surface area (Å²) in [6, 6.07) is 6.93.